The van der Waals surface area contributed by atoms with Gasteiger partial charge >= 0.3 is 11.9 Å². The molecule has 3 aliphatic heterocycles. The minimum Gasteiger partial charge on any atom is -0.759 e. The number of β-lactam (4-membered cyclic amide) rings is 1. The molecule has 218 valence electrons. The fraction of sp³-hybridized carbons (Fsp3) is 0.542. The minimum absolute atomic E-state index is 0.00873. The van der Waals surface area contributed by atoms with Crippen LogP contribution in [0, 0.1) is 22.0 Å². The maximum Gasteiger partial charge on any atom is 0.363 e. The van der Waals surface area contributed by atoms with E-state index in [-0.39, 0.29) is 34.2 Å². The second kappa shape index (κ2) is 12.0. The van der Waals surface area contributed by atoms with E-state index >= 15 is 0 Å². The number of ether oxygens (including phenoxy) is 1. The largest absolute Gasteiger partial charge is 0.759 e. The van der Waals surface area contributed by atoms with Crippen LogP contribution in [0.1, 0.15) is 30.6 Å². The van der Waals surface area contributed by atoms with Crippen LogP contribution in [0.2, 0.25) is 0 Å². The second-order valence-corrected chi connectivity index (χ2v) is 12.2. The topological polar surface area (TPSA) is 186 Å². The Hall–Kier alpha value is -2.73. The molecule has 1 amide bonds. The molecule has 40 heavy (non-hydrogen) atoms. The number of nitro groups is 1. The third-order valence-corrected chi connectivity index (χ3v) is 9.41. The van der Waals surface area contributed by atoms with Gasteiger partial charge in [0.1, 0.15) is 5.70 Å². The Balaban J connectivity index is 1.55. The molecule has 0 aliphatic carbocycles. The smallest absolute Gasteiger partial charge is 0.363 e. The summed E-state index contributed by atoms with van der Waals surface area (Å²) in [4.78, 5) is 55.6. The number of hydrazine groups is 1. The van der Waals surface area contributed by atoms with E-state index in [1.165, 1.54) is 40.7 Å². The molecule has 0 aromatic heterocycles. The molecule has 1 aromatic rings. The van der Waals surface area contributed by atoms with Gasteiger partial charge in [-0.1, -0.05) is 6.92 Å². The zero-order chi connectivity index (χ0) is 29.5. The van der Waals surface area contributed by atoms with E-state index in [0.29, 0.717) is 24.4 Å². The third-order valence-electron chi connectivity index (χ3n) is 7.46. The molecule has 0 radical (unpaired) electrons. The molecule has 14 nitrogen and oxygen atoms in total. The highest BCUT2D eigenvalue weighted by atomic mass is 32.2. The van der Waals surface area contributed by atoms with Crippen LogP contribution < -0.4 is 4.83 Å². The molecule has 1 aromatic carbocycles. The number of non-ortho nitro benzene ring substituents is 1. The average Bonchev–Trinajstić information content (AvgIpc) is 3.32. The van der Waals surface area contributed by atoms with E-state index in [1.54, 1.807) is 7.05 Å². The number of nitrogens with one attached hydrogen (secondary N) is 1. The molecule has 4 rings (SSSR count). The van der Waals surface area contributed by atoms with Crippen LogP contribution in [0.4, 0.5) is 5.69 Å². The maximum atomic E-state index is 13.4. The lowest BCUT2D eigenvalue weighted by atomic mass is 9.79. The number of hydrogen-bond acceptors (Lipinski definition) is 12. The number of nitro benzene ring substituents is 1. The lowest BCUT2D eigenvalue weighted by Gasteiger charge is -2.46. The molecule has 2 unspecified atom stereocenters. The first kappa shape index (κ1) is 30.2. The molecule has 7 atom stereocenters. The van der Waals surface area contributed by atoms with Crippen LogP contribution in [0.25, 0.3) is 0 Å². The number of carbonyl (C=O) groups is 3. The van der Waals surface area contributed by atoms with E-state index in [4.69, 9.17) is 4.74 Å². The fourth-order valence-electron chi connectivity index (χ4n) is 5.57. The summed E-state index contributed by atoms with van der Waals surface area (Å²) in [5, 5.41) is 22.6. The molecular formula is C24H30N5O9S2-. The van der Waals surface area contributed by atoms with Gasteiger partial charge in [-0.2, -0.15) is 4.83 Å². The van der Waals surface area contributed by atoms with Crippen molar-refractivity contribution in [2.45, 2.75) is 43.7 Å². The van der Waals surface area contributed by atoms with Crippen molar-refractivity contribution in [3.63, 3.8) is 0 Å². The molecule has 2 fully saturated rings. The lowest BCUT2D eigenvalue weighted by Crippen LogP contribution is -2.63. The maximum absolute atomic E-state index is 13.4. The zero-order valence-electron chi connectivity index (χ0n) is 22.2. The highest BCUT2D eigenvalue weighted by Crippen LogP contribution is 2.52. The summed E-state index contributed by atoms with van der Waals surface area (Å²) in [6, 6.07) is 4.15. The molecule has 3 aliphatic rings. The number of aliphatic hydroxyl groups excluding tert-OH is 1. The van der Waals surface area contributed by atoms with Gasteiger partial charge in [0.2, 0.25) is 5.91 Å². The van der Waals surface area contributed by atoms with Gasteiger partial charge in [0.15, 0.2) is 0 Å². The van der Waals surface area contributed by atoms with Crippen LogP contribution >= 0.6 is 11.8 Å². The van der Waals surface area contributed by atoms with E-state index in [0.717, 1.165) is 12.1 Å². The van der Waals surface area contributed by atoms with Crippen LogP contribution in [-0.4, -0.2) is 102 Å². The number of amides is 1. The van der Waals surface area contributed by atoms with E-state index in [2.05, 4.69) is 9.73 Å². The molecule has 2 N–H and O–H groups in total. The number of likely N-dealkylation sites (tertiary alicyclic amines) is 1. The Morgan fingerprint density at radius 1 is 1.32 bits per heavy atom. The summed E-state index contributed by atoms with van der Waals surface area (Å²) in [7, 11) is 3.53. The van der Waals surface area contributed by atoms with Crippen molar-refractivity contribution in [1.82, 2.24) is 19.6 Å². The molecular weight excluding hydrogens is 566 g/mol. The summed E-state index contributed by atoms with van der Waals surface area (Å²) in [5.41, 5.74) is -0.327. The molecule has 0 bridgehead atoms. The Morgan fingerprint density at radius 2 is 1.98 bits per heavy atom. The number of nitrogens with zero attached hydrogens (tertiary/aromatic N) is 4. The van der Waals surface area contributed by atoms with Gasteiger partial charge in [-0.25, -0.2) is 14.6 Å². The summed E-state index contributed by atoms with van der Waals surface area (Å²) in [6.07, 6.45) is -0.270. The van der Waals surface area contributed by atoms with Gasteiger partial charge in [-0.15, -0.1) is 11.8 Å². The SMILES string of the molecule is C[C@@H](O)[C@H]1C(=O)N2C(C(=O)OC(=O)c3ccc([N+](=O)[O-])cc3)=C(SC3C[C@@H](CN(C)NS(=O)[O-])N(C)C3)[C@H](C)[C@H]12. The van der Waals surface area contributed by atoms with Crippen molar-refractivity contribution < 1.29 is 37.9 Å². The van der Waals surface area contributed by atoms with Gasteiger partial charge < -0.3 is 24.2 Å². The van der Waals surface area contributed by atoms with Crippen molar-refractivity contribution in [3.8, 4) is 0 Å². The Labute approximate surface area is 237 Å². The van der Waals surface area contributed by atoms with Crippen molar-refractivity contribution in [2.75, 3.05) is 27.2 Å². The Bertz CT molecular complexity index is 1260. The highest BCUT2D eigenvalue weighted by molar-refractivity contribution is 8.03. The van der Waals surface area contributed by atoms with Crippen LogP contribution in [0.15, 0.2) is 34.9 Å². The summed E-state index contributed by atoms with van der Waals surface area (Å²) >= 11 is -1.03. The number of aliphatic hydroxyl groups is 1. The number of esters is 2. The second-order valence-electron chi connectivity index (χ2n) is 10.2. The van der Waals surface area contributed by atoms with E-state index in [1.807, 2.05) is 14.0 Å². The number of fused-ring (bicyclic) bond motifs is 1. The van der Waals surface area contributed by atoms with E-state index in [9.17, 15) is 38.4 Å². The zero-order valence-corrected chi connectivity index (χ0v) is 23.8. The molecule has 3 heterocycles. The number of thioether (sulfide) groups is 1. The highest BCUT2D eigenvalue weighted by Gasteiger charge is 2.60. The standard InChI is InChI=1S/C24H31N5O9S2/c1-12-19-18(13(2)30)22(31)28(19)20(24(33)38-23(32)14-5-7-15(8-6-14)29(34)35)21(12)39-17-9-16(26(3)11-17)10-27(4)25-40(36)37/h5-8,12-13,16-19,25,30H,9-11H2,1-4H3,(H,36,37)/p-1/t12-,13-,16+,17?,18-,19-/m1/s1. The number of benzene rings is 1. The van der Waals surface area contributed by atoms with Crippen molar-refractivity contribution in [3.05, 3.63) is 50.5 Å². The molecule has 2 saturated heterocycles. The van der Waals surface area contributed by atoms with Gasteiger partial charge in [0, 0.05) is 65.7 Å². The number of carbonyl (C=O) groups excluding carboxylic acids is 3. The first-order chi connectivity index (χ1) is 18.8. The predicted molar refractivity (Wildman–Crippen MR) is 143 cm³/mol. The Morgan fingerprint density at radius 3 is 2.55 bits per heavy atom. The first-order valence-corrected chi connectivity index (χ1v) is 14.4. The summed E-state index contributed by atoms with van der Waals surface area (Å²) < 4.78 is 27.0. The fourth-order valence-corrected chi connectivity index (χ4v) is 7.53. The minimum atomic E-state index is -2.44. The van der Waals surface area contributed by atoms with Crippen LogP contribution in [0.3, 0.4) is 0 Å². The third kappa shape index (κ3) is 5.97. The Kier molecular flexibility index (Phi) is 9.08. The summed E-state index contributed by atoms with van der Waals surface area (Å²) in [6.45, 7) is 4.43. The molecule has 0 saturated carbocycles. The number of hydrogen-bond donors (Lipinski definition) is 2. The molecule has 0 spiro atoms. The normalized spacial score (nSPS) is 27.9. The van der Waals surface area contributed by atoms with Crippen LogP contribution in [-0.2, 0) is 25.6 Å². The quantitative estimate of drug-likeness (QED) is 0.0946. The average molecular weight is 597 g/mol. The van der Waals surface area contributed by atoms with Crippen molar-refractivity contribution in [2.24, 2.45) is 11.8 Å². The number of rotatable bonds is 10. The van der Waals surface area contributed by atoms with Gasteiger partial charge in [-0.05, 0) is 32.5 Å². The van der Waals surface area contributed by atoms with Gasteiger partial charge in [-0.3, -0.25) is 19.1 Å². The van der Waals surface area contributed by atoms with Crippen molar-refractivity contribution >= 4 is 46.6 Å². The van der Waals surface area contributed by atoms with E-state index < -0.39 is 52.1 Å². The van der Waals surface area contributed by atoms with Gasteiger partial charge in [0.05, 0.1) is 28.6 Å². The van der Waals surface area contributed by atoms with Crippen molar-refractivity contribution in [1.29, 1.82) is 0 Å². The van der Waals surface area contributed by atoms with Crippen LogP contribution in [0.5, 0.6) is 0 Å². The molecule has 16 heteroatoms. The lowest BCUT2D eigenvalue weighted by molar-refractivity contribution is -0.384. The summed E-state index contributed by atoms with van der Waals surface area (Å²) in [5.74, 6) is -3.47. The van der Waals surface area contributed by atoms with Gasteiger partial charge in [0.25, 0.3) is 5.69 Å². The first-order valence-electron chi connectivity index (χ1n) is 12.5. The number of likely N-dealkylation sites (N-methyl/N-ethyl adjacent to an activating group) is 2. The predicted octanol–water partition coefficient (Wildman–Crippen LogP) is 0.384. The monoisotopic (exact) mass is 596 g/mol.